The molecule has 1 aromatic carbocycles. The molecule has 3 rings (SSSR count). The van der Waals surface area contributed by atoms with Crippen molar-refractivity contribution >= 4 is 55.2 Å². The lowest BCUT2D eigenvalue weighted by Gasteiger charge is -2.17. The van der Waals surface area contributed by atoms with Gasteiger partial charge in [-0.2, -0.15) is 8.42 Å². The van der Waals surface area contributed by atoms with Crippen LogP contribution < -0.4 is 5.32 Å². The van der Waals surface area contributed by atoms with Crippen LogP contribution in [0.15, 0.2) is 53.7 Å². The molecule has 0 saturated carbocycles. The number of amides is 2. The van der Waals surface area contributed by atoms with Gasteiger partial charge in [-0.25, -0.2) is 9.78 Å². The number of nitrogens with zero attached hydrogens (tertiary/aromatic N) is 2. The van der Waals surface area contributed by atoms with Gasteiger partial charge < -0.3 is 10.2 Å². The highest BCUT2D eigenvalue weighted by molar-refractivity contribution is 8.76. The number of benzene rings is 1. The Morgan fingerprint density at radius 2 is 1.94 bits per heavy atom. The van der Waals surface area contributed by atoms with E-state index < -0.39 is 39.6 Å². The largest absolute Gasteiger partial charge is 0.385 e. The maximum atomic E-state index is 12.0. The lowest BCUT2D eigenvalue weighted by Crippen LogP contribution is -2.36. The summed E-state index contributed by atoms with van der Waals surface area (Å²) in [5.41, 5.74) is 2.22. The first-order valence-electron chi connectivity index (χ1n) is 11.3. The Kier molecular flexibility index (Phi) is 10.2. The van der Waals surface area contributed by atoms with Gasteiger partial charge in [-0.3, -0.25) is 14.1 Å². The minimum Gasteiger partial charge on any atom is -0.385 e. The van der Waals surface area contributed by atoms with Crippen LogP contribution in [0, 0.1) is 0 Å². The summed E-state index contributed by atoms with van der Waals surface area (Å²) in [5.74, 6) is -3.06. The summed E-state index contributed by atoms with van der Waals surface area (Å²) in [4.78, 5) is 44.7. The molecule has 36 heavy (non-hydrogen) atoms. The first-order chi connectivity index (χ1) is 17.2. The van der Waals surface area contributed by atoms with E-state index in [1.54, 1.807) is 27.8 Å². The summed E-state index contributed by atoms with van der Waals surface area (Å²) < 4.78 is 31.3. The van der Waals surface area contributed by atoms with Crippen molar-refractivity contribution in [2.24, 2.45) is 0 Å². The highest BCUT2D eigenvalue weighted by atomic mass is 33.1. The van der Waals surface area contributed by atoms with Crippen molar-refractivity contribution in [3.63, 3.8) is 0 Å². The highest BCUT2D eigenvalue weighted by Crippen LogP contribution is 2.43. The second kappa shape index (κ2) is 13.1. The molecule has 2 unspecified atom stereocenters. The number of pyridine rings is 1. The van der Waals surface area contributed by atoms with Crippen molar-refractivity contribution < 1.29 is 32.2 Å². The highest BCUT2D eigenvalue weighted by Gasteiger charge is 2.48. The van der Waals surface area contributed by atoms with E-state index >= 15 is 0 Å². The number of hydroxylamine groups is 2. The number of rotatable bonds is 13. The molecule has 1 fully saturated rings. The number of nitrogens with one attached hydrogen (secondary N) is 1. The van der Waals surface area contributed by atoms with Crippen molar-refractivity contribution in [2.75, 3.05) is 11.9 Å². The molecule has 1 aliphatic rings. The number of carbonyl (C=O) groups excluding carboxylic acids is 3. The van der Waals surface area contributed by atoms with E-state index in [0.29, 0.717) is 19.4 Å². The summed E-state index contributed by atoms with van der Waals surface area (Å²) in [7, 11) is -1.39. The van der Waals surface area contributed by atoms with Gasteiger partial charge in [0.25, 0.3) is 21.9 Å². The number of aromatic nitrogens is 1. The van der Waals surface area contributed by atoms with Crippen molar-refractivity contribution in [1.82, 2.24) is 10.0 Å². The molecule has 1 aliphatic heterocycles. The zero-order chi connectivity index (χ0) is 26.1. The van der Waals surface area contributed by atoms with Gasteiger partial charge in [0.15, 0.2) is 5.25 Å². The molecule has 0 bridgehead atoms. The monoisotopic (exact) mass is 553 g/mol. The number of hydrogen-bond acceptors (Lipinski definition) is 10. The Hall–Kier alpha value is -2.61. The van der Waals surface area contributed by atoms with Gasteiger partial charge in [0, 0.05) is 30.1 Å². The Balaban J connectivity index is 1.37. The maximum Gasteiger partial charge on any atom is 0.333 e. The molecular formula is C23H27N3O7S3. The van der Waals surface area contributed by atoms with Gasteiger partial charge in [0.1, 0.15) is 5.03 Å². The normalized spacial score (nSPS) is 16.7. The number of carbonyl (C=O) groups is 3. The van der Waals surface area contributed by atoms with Crippen LogP contribution in [0.25, 0.3) is 0 Å². The van der Waals surface area contributed by atoms with Gasteiger partial charge in [0.05, 0.1) is 6.42 Å². The van der Waals surface area contributed by atoms with Crippen LogP contribution in [-0.2, 0) is 29.3 Å². The Morgan fingerprint density at radius 1 is 1.19 bits per heavy atom. The summed E-state index contributed by atoms with van der Waals surface area (Å²) in [6.07, 6.45) is 2.91. The molecule has 0 aliphatic carbocycles. The third-order valence-electron chi connectivity index (χ3n) is 5.30. The number of unbranched alkanes of at least 4 members (excludes halogenated alkanes) is 2. The molecule has 10 nitrogen and oxygen atoms in total. The van der Waals surface area contributed by atoms with E-state index in [1.165, 1.54) is 5.56 Å². The second-order valence-corrected chi connectivity index (χ2v) is 12.2. The van der Waals surface area contributed by atoms with Crippen LogP contribution in [0.3, 0.4) is 0 Å². The summed E-state index contributed by atoms with van der Waals surface area (Å²) in [6, 6.07) is 13.9. The number of imide groups is 1. The van der Waals surface area contributed by atoms with E-state index in [-0.39, 0.29) is 16.7 Å². The molecular weight excluding hydrogens is 526 g/mol. The Bertz CT molecular complexity index is 1180. The second-order valence-electron chi connectivity index (χ2n) is 8.01. The third-order valence-corrected chi connectivity index (χ3v) is 9.11. The van der Waals surface area contributed by atoms with E-state index in [2.05, 4.69) is 23.3 Å². The summed E-state index contributed by atoms with van der Waals surface area (Å²) in [5, 5.41) is 2.82. The van der Waals surface area contributed by atoms with E-state index in [0.717, 1.165) is 17.1 Å². The summed E-state index contributed by atoms with van der Waals surface area (Å²) >= 11 is 0. The van der Waals surface area contributed by atoms with Crippen LogP contribution in [0.1, 0.15) is 49.8 Å². The SMILES string of the molecule is CC(SSc1ccccn1)c1ccccc1NCCCCCC(=O)ON1C(=O)CC(S(=O)(=O)O)C1=O. The van der Waals surface area contributed by atoms with Gasteiger partial charge in [0.2, 0.25) is 0 Å². The van der Waals surface area contributed by atoms with Crippen LogP contribution in [-0.4, -0.2) is 52.6 Å². The average molecular weight is 554 g/mol. The predicted molar refractivity (Wildman–Crippen MR) is 137 cm³/mol. The van der Waals surface area contributed by atoms with Gasteiger partial charge in [-0.15, -0.1) is 5.06 Å². The predicted octanol–water partition coefficient (Wildman–Crippen LogP) is 4.03. The molecule has 1 saturated heterocycles. The number of hydrogen-bond donors (Lipinski definition) is 2. The molecule has 194 valence electrons. The molecule has 2 N–H and O–H groups in total. The molecule has 2 atom stereocenters. The van der Waals surface area contributed by atoms with Crippen molar-refractivity contribution in [1.29, 1.82) is 0 Å². The van der Waals surface area contributed by atoms with Crippen LogP contribution >= 0.6 is 21.6 Å². The fourth-order valence-corrected chi connectivity index (χ4v) is 6.26. The molecule has 1 aromatic heterocycles. The van der Waals surface area contributed by atoms with Crippen LogP contribution in [0.2, 0.25) is 0 Å². The minimum absolute atomic E-state index is 0.0391. The Morgan fingerprint density at radius 3 is 2.64 bits per heavy atom. The zero-order valence-electron chi connectivity index (χ0n) is 19.5. The fraction of sp³-hybridized carbons (Fsp3) is 0.391. The fourth-order valence-electron chi connectivity index (χ4n) is 3.43. The van der Waals surface area contributed by atoms with E-state index in [1.807, 2.05) is 36.4 Å². The standard InChI is InChI=1S/C23H27N3O7S3/c1-16(34-35-20-11-6-8-14-25-20)17-9-4-5-10-18(17)24-13-7-2-3-12-22(28)33-26-21(27)15-19(23(26)29)36(30,31)32/h4-6,8-11,14,16,19,24H,2-3,7,12-13,15H2,1H3,(H,30,31,32). The molecule has 0 radical (unpaired) electrons. The van der Waals surface area contributed by atoms with E-state index in [9.17, 15) is 22.8 Å². The summed E-state index contributed by atoms with van der Waals surface area (Å²) in [6.45, 7) is 2.83. The lowest BCUT2D eigenvalue weighted by molar-refractivity contribution is -0.197. The topological polar surface area (TPSA) is 143 Å². The van der Waals surface area contributed by atoms with Gasteiger partial charge in [-0.05, 0) is 54.3 Å². The minimum atomic E-state index is -4.74. The molecule has 2 amide bonds. The van der Waals surface area contributed by atoms with Crippen molar-refractivity contribution in [3.05, 3.63) is 54.2 Å². The van der Waals surface area contributed by atoms with Gasteiger partial charge >= 0.3 is 5.97 Å². The number of para-hydroxylation sites is 1. The number of anilines is 1. The lowest BCUT2D eigenvalue weighted by atomic mass is 10.1. The quantitative estimate of drug-likeness (QED) is 0.161. The molecule has 13 heteroatoms. The van der Waals surface area contributed by atoms with Gasteiger partial charge in [-0.1, -0.05) is 41.5 Å². The first kappa shape index (κ1) is 28.0. The smallest absolute Gasteiger partial charge is 0.333 e. The zero-order valence-corrected chi connectivity index (χ0v) is 22.0. The van der Waals surface area contributed by atoms with Crippen LogP contribution in [0.4, 0.5) is 5.69 Å². The third kappa shape index (κ3) is 7.95. The first-order valence-corrected chi connectivity index (χ1v) is 15.0. The van der Waals surface area contributed by atoms with Crippen molar-refractivity contribution in [3.8, 4) is 0 Å². The van der Waals surface area contributed by atoms with E-state index in [4.69, 9.17) is 9.39 Å². The molecule has 2 aromatic rings. The Labute approximate surface area is 217 Å². The molecule has 2 heterocycles. The van der Waals surface area contributed by atoms with Crippen LogP contribution in [0.5, 0.6) is 0 Å². The van der Waals surface area contributed by atoms with Crippen molar-refractivity contribution in [2.45, 2.75) is 54.6 Å². The maximum absolute atomic E-state index is 12.0. The average Bonchev–Trinajstić information content (AvgIpc) is 3.14. The molecule has 0 spiro atoms.